The Kier molecular flexibility index (Phi) is 10.0. The van der Waals surface area contributed by atoms with Crippen LogP contribution in [0.2, 0.25) is 0 Å². The van der Waals surface area contributed by atoms with Gasteiger partial charge in [0.15, 0.2) is 0 Å². The molecule has 0 amide bonds. The topological polar surface area (TPSA) is 26.3 Å². The molecule has 0 aromatic rings. The van der Waals surface area contributed by atoms with Gasteiger partial charge in [-0.1, -0.05) is 12.8 Å². The maximum Gasteiger partial charge on any atom is 0.133 e. The molecule has 0 saturated heterocycles. The number of thiol groups is 1. The summed E-state index contributed by atoms with van der Waals surface area (Å²) in [5.74, 6) is 1.03. The summed E-state index contributed by atoms with van der Waals surface area (Å²) in [6, 6.07) is 0. The van der Waals surface area contributed by atoms with E-state index in [0.717, 1.165) is 32.3 Å². The molecule has 0 aliphatic heterocycles. The minimum absolute atomic E-state index is 0.349. The van der Waals surface area contributed by atoms with Crippen molar-refractivity contribution in [2.75, 3.05) is 19.5 Å². The first-order valence-corrected chi connectivity index (χ1v) is 5.56. The Morgan fingerprint density at radius 3 is 2.46 bits per heavy atom. The Hall–Kier alpha value is -0.0200. The van der Waals surface area contributed by atoms with Crippen LogP contribution in [0.3, 0.4) is 0 Å². The van der Waals surface area contributed by atoms with E-state index in [2.05, 4.69) is 12.6 Å². The lowest BCUT2D eigenvalue weighted by molar-refractivity contribution is -0.118. The smallest absolute Gasteiger partial charge is 0.133 e. The van der Waals surface area contributed by atoms with Gasteiger partial charge >= 0.3 is 0 Å². The molecule has 0 radical (unpaired) electrons. The van der Waals surface area contributed by atoms with Crippen LogP contribution >= 0.6 is 12.6 Å². The van der Waals surface area contributed by atoms with E-state index in [1.165, 1.54) is 6.42 Å². The summed E-state index contributed by atoms with van der Waals surface area (Å²) < 4.78 is 4.93. The molecular formula is C10H20O2S. The van der Waals surface area contributed by atoms with Crippen molar-refractivity contribution in [3.8, 4) is 0 Å². The molecule has 0 bridgehead atoms. The van der Waals surface area contributed by atoms with E-state index >= 15 is 0 Å². The SMILES string of the molecule is COCCCCCCC(=O)CCS. The number of ether oxygens (including phenoxy) is 1. The predicted octanol–water partition coefficient (Wildman–Crippen LogP) is 2.47. The Labute approximate surface area is 86.5 Å². The molecule has 13 heavy (non-hydrogen) atoms. The molecule has 0 aromatic heterocycles. The molecule has 0 unspecified atom stereocenters. The van der Waals surface area contributed by atoms with Crippen molar-refractivity contribution >= 4 is 18.4 Å². The number of unbranched alkanes of at least 4 members (excludes halogenated alkanes) is 3. The van der Waals surface area contributed by atoms with E-state index in [-0.39, 0.29) is 0 Å². The van der Waals surface area contributed by atoms with E-state index in [9.17, 15) is 4.79 Å². The van der Waals surface area contributed by atoms with Crippen LogP contribution in [0.5, 0.6) is 0 Å². The molecule has 78 valence electrons. The van der Waals surface area contributed by atoms with Crippen LogP contribution in [0.15, 0.2) is 0 Å². The first-order chi connectivity index (χ1) is 6.31. The summed E-state index contributed by atoms with van der Waals surface area (Å²) in [6.45, 7) is 0.838. The monoisotopic (exact) mass is 204 g/mol. The fraction of sp³-hybridized carbons (Fsp3) is 0.900. The molecule has 0 N–H and O–H groups in total. The lowest BCUT2D eigenvalue weighted by Crippen LogP contribution is -1.98. The van der Waals surface area contributed by atoms with Crippen molar-refractivity contribution in [3.05, 3.63) is 0 Å². The molecule has 0 rings (SSSR count). The van der Waals surface area contributed by atoms with Gasteiger partial charge in [-0.05, 0) is 18.6 Å². The summed E-state index contributed by atoms with van der Waals surface area (Å²) >= 11 is 4.01. The number of hydrogen-bond acceptors (Lipinski definition) is 3. The van der Waals surface area contributed by atoms with Crippen molar-refractivity contribution in [1.82, 2.24) is 0 Å². The quantitative estimate of drug-likeness (QED) is 0.461. The van der Waals surface area contributed by atoms with E-state index < -0.39 is 0 Å². The number of carbonyl (C=O) groups is 1. The van der Waals surface area contributed by atoms with Crippen molar-refractivity contribution in [1.29, 1.82) is 0 Å². The number of rotatable bonds is 9. The van der Waals surface area contributed by atoms with Gasteiger partial charge < -0.3 is 4.74 Å². The summed E-state index contributed by atoms with van der Waals surface area (Å²) in [6.07, 6.45) is 5.80. The Bertz CT molecular complexity index is 126. The molecular weight excluding hydrogens is 184 g/mol. The van der Waals surface area contributed by atoms with Gasteiger partial charge in [-0.2, -0.15) is 12.6 Å². The van der Waals surface area contributed by atoms with Gasteiger partial charge in [0.25, 0.3) is 0 Å². The van der Waals surface area contributed by atoms with Crippen LogP contribution in [0.25, 0.3) is 0 Å². The minimum atomic E-state index is 0.349. The van der Waals surface area contributed by atoms with Crippen LogP contribution in [-0.4, -0.2) is 25.3 Å². The Morgan fingerprint density at radius 2 is 1.85 bits per heavy atom. The molecule has 2 nitrogen and oxygen atoms in total. The van der Waals surface area contributed by atoms with E-state index in [4.69, 9.17) is 4.74 Å². The fourth-order valence-electron chi connectivity index (χ4n) is 1.17. The van der Waals surface area contributed by atoms with Gasteiger partial charge in [-0.3, -0.25) is 4.79 Å². The first-order valence-electron chi connectivity index (χ1n) is 4.92. The van der Waals surface area contributed by atoms with Gasteiger partial charge in [0, 0.05) is 26.6 Å². The van der Waals surface area contributed by atoms with Crippen molar-refractivity contribution < 1.29 is 9.53 Å². The van der Waals surface area contributed by atoms with Gasteiger partial charge in [0.05, 0.1) is 0 Å². The molecule has 0 aliphatic rings. The highest BCUT2D eigenvalue weighted by atomic mass is 32.1. The molecule has 0 heterocycles. The number of hydrogen-bond donors (Lipinski definition) is 1. The summed E-state index contributed by atoms with van der Waals surface area (Å²) in [4.78, 5) is 11.1. The molecule has 0 aliphatic carbocycles. The largest absolute Gasteiger partial charge is 0.385 e. The lowest BCUT2D eigenvalue weighted by atomic mass is 10.1. The van der Waals surface area contributed by atoms with Crippen molar-refractivity contribution in [3.63, 3.8) is 0 Å². The number of ketones is 1. The van der Waals surface area contributed by atoms with Gasteiger partial charge in [-0.15, -0.1) is 0 Å². The third-order valence-electron chi connectivity index (χ3n) is 1.94. The van der Waals surface area contributed by atoms with Crippen LogP contribution in [-0.2, 0) is 9.53 Å². The van der Waals surface area contributed by atoms with E-state index in [0.29, 0.717) is 18.0 Å². The zero-order valence-electron chi connectivity index (χ0n) is 8.42. The molecule has 0 atom stereocenters. The number of methoxy groups -OCH3 is 1. The van der Waals surface area contributed by atoms with Crippen LogP contribution in [0.4, 0.5) is 0 Å². The highest BCUT2D eigenvalue weighted by molar-refractivity contribution is 7.80. The second kappa shape index (κ2) is 10.1. The Morgan fingerprint density at radius 1 is 1.15 bits per heavy atom. The van der Waals surface area contributed by atoms with Gasteiger partial charge in [0.1, 0.15) is 5.78 Å². The molecule has 3 heteroatoms. The maximum atomic E-state index is 11.1. The van der Waals surface area contributed by atoms with Gasteiger partial charge in [0.2, 0.25) is 0 Å². The average Bonchev–Trinajstić information content (AvgIpc) is 2.11. The molecule has 0 spiro atoms. The van der Waals surface area contributed by atoms with Crippen LogP contribution in [0, 0.1) is 0 Å². The standard InChI is InChI=1S/C10H20O2S/c1-12-8-5-3-2-4-6-10(11)7-9-13/h13H,2-9H2,1H3. The molecule has 0 aromatic carbocycles. The van der Waals surface area contributed by atoms with Gasteiger partial charge in [-0.25, -0.2) is 0 Å². The normalized spacial score (nSPS) is 10.3. The second-order valence-corrected chi connectivity index (χ2v) is 3.62. The third-order valence-corrected chi connectivity index (χ3v) is 2.17. The first kappa shape index (κ1) is 13.0. The van der Waals surface area contributed by atoms with E-state index in [1.54, 1.807) is 7.11 Å². The summed E-state index contributed by atoms with van der Waals surface area (Å²) in [5, 5.41) is 0. The average molecular weight is 204 g/mol. The van der Waals surface area contributed by atoms with Crippen LogP contribution in [0.1, 0.15) is 38.5 Å². The van der Waals surface area contributed by atoms with E-state index in [1.807, 2.05) is 0 Å². The van der Waals surface area contributed by atoms with Crippen LogP contribution < -0.4 is 0 Å². The number of Topliss-reactive ketones (excluding diaryl/α,β-unsaturated/α-hetero) is 1. The molecule has 0 saturated carbocycles. The second-order valence-electron chi connectivity index (χ2n) is 3.17. The maximum absolute atomic E-state index is 11.1. The minimum Gasteiger partial charge on any atom is -0.385 e. The summed E-state index contributed by atoms with van der Waals surface area (Å²) in [7, 11) is 1.72. The number of carbonyl (C=O) groups excluding carboxylic acids is 1. The van der Waals surface area contributed by atoms with Crippen molar-refractivity contribution in [2.24, 2.45) is 0 Å². The summed E-state index contributed by atoms with van der Waals surface area (Å²) in [5.41, 5.74) is 0. The zero-order chi connectivity index (χ0) is 9.94. The fourth-order valence-corrected chi connectivity index (χ4v) is 1.42. The predicted molar refractivity (Wildman–Crippen MR) is 58.4 cm³/mol. The third kappa shape index (κ3) is 9.90. The zero-order valence-corrected chi connectivity index (χ0v) is 9.31. The molecule has 0 fully saturated rings. The van der Waals surface area contributed by atoms with Crippen molar-refractivity contribution in [2.45, 2.75) is 38.5 Å². The highest BCUT2D eigenvalue weighted by Crippen LogP contribution is 2.05. The lowest BCUT2D eigenvalue weighted by Gasteiger charge is -2.00. The Balaban J connectivity index is 3.02. The highest BCUT2D eigenvalue weighted by Gasteiger charge is 1.99.